The summed E-state index contributed by atoms with van der Waals surface area (Å²) < 4.78 is 16.3. The quantitative estimate of drug-likeness (QED) is 0.202. The highest BCUT2D eigenvalue weighted by Crippen LogP contribution is 2.30. The van der Waals surface area contributed by atoms with Gasteiger partial charge in [-0.05, 0) is 48.5 Å². The standard InChI is InChI=1S/C17H14FN3O2.C16H13N3O2/c1-20-14-13(17(19)23)12-4-2-3-9-21(12)15(14)16(22)10-5-7-11(18)8-6-10;17-13-12(16(18)21)11-8-4-5-9-19(11)14(13)15(20)10-6-2-1-3-7-10/h2-9,20H,1H3,(H2,19,23);1-9H,17H2,(H2,18,21). The van der Waals surface area contributed by atoms with Crippen molar-refractivity contribution in [3.63, 3.8) is 0 Å². The molecule has 2 aromatic carbocycles. The van der Waals surface area contributed by atoms with E-state index in [1.807, 2.05) is 6.07 Å². The summed E-state index contributed by atoms with van der Waals surface area (Å²) in [5.41, 5.74) is 20.2. The van der Waals surface area contributed by atoms with Gasteiger partial charge in [0.05, 0.1) is 33.5 Å². The number of pyridine rings is 2. The fourth-order valence-corrected chi connectivity index (χ4v) is 5.11. The van der Waals surface area contributed by atoms with Crippen LogP contribution >= 0.6 is 0 Å². The van der Waals surface area contributed by atoms with E-state index in [0.29, 0.717) is 27.8 Å². The molecule has 0 radical (unpaired) electrons. The molecular weight excluding hydrogens is 563 g/mol. The first-order valence-corrected chi connectivity index (χ1v) is 13.3. The number of amides is 2. The lowest BCUT2D eigenvalue weighted by molar-refractivity contribution is 0.0993. The topological polar surface area (TPSA) is 167 Å². The van der Waals surface area contributed by atoms with Crippen molar-refractivity contribution in [1.29, 1.82) is 0 Å². The van der Waals surface area contributed by atoms with Gasteiger partial charge < -0.3 is 31.3 Å². The predicted molar refractivity (Wildman–Crippen MR) is 165 cm³/mol. The van der Waals surface area contributed by atoms with Gasteiger partial charge in [-0.2, -0.15) is 0 Å². The van der Waals surface area contributed by atoms with Crippen LogP contribution in [0.4, 0.5) is 15.8 Å². The van der Waals surface area contributed by atoms with Gasteiger partial charge >= 0.3 is 0 Å². The number of carbonyl (C=O) groups is 4. The number of aromatic nitrogens is 2. The Morgan fingerprint density at radius 3 is 1.66 bits per heavy atom. The molecule has 11 heteroatoms. The summed E-state index contributed by atoms with van der Waals surface area (Å²) in [7, 11) is 1.61. The number of nitrogens with zero attached hydrogens (tertiary/aromatic N) is 2. The highest BCUT2D eigenvalue weighted by molar-refractivity contribution is 6.18. The van der Waals surface area contributed by atoms with Crippen LogP contribution in [0.2, 0.25) is 0 Å². The Morgan fingerprint density at radius 1 is 0.636 bits per heavy atom. The first kappa shape index (κ1) is 29.3. The Hall–Kier alpha value is -6.23. The number of hydrogen-bond donors (Lipinski definition) is 4. The van der Waals surface area contributed by atoms with E-state index in [0.717, 1.165) is 0 Å². The van der Waals surface area contributed by atoms with Crippen molar-refractivity contribution < 1.29 is 23.6 Å². The summed E-state index contributed by atoms with van der Waals surface area (Å²) in [6.07, 6.45) is 3.37. The monoisotopic (exact) mass is 590 g/mol. The maximum Gasteiger partial charge on any atom is 0.253 e. The average Bonchev–Trinajstić information content (AvgIpc) is 3.53. The minimum atomic E-state index is -0.650. The normalized spacial score (nSPS) is 10.7. The van der Waals surface area contributed by atoms with Gasteiger partial charge in [0.15, 0.2) is 0 Å². The van der Waals surface area contributed by atoms with E-state index < -0.39 is 17.6 Å². The van der Waals surface area contributed by atoms with Gasteiger partial charge in [0, 0.05) is 30.6 Å². The number of primary amides is 2. The van der Waals surface area contributed by atoms with Gasteiger partial charge in [-0.1, -0.05) is 42.5 Å². The van der Waals surface area contributed by atoms with Crippen molar-refractivity contribution >= 4 is 45.8 Å². The van der Waals surface area contributed by atoms with Crippen molar-refractivity contribution in [3.8, 4) is 0 Å². The van der Waals surface area contributed by atoms with Gasteiger partial charge in [0.25, 0.3) is 11.8 Å². The van der Waals surface area contributed by atoms with E-state index in [1.54, 1.807) is 88.9 Å². The van der Waals surface area contributed by atoms with Crippen LogP contribution in [-0.2, 0) is 0 Å². The number of anilines is 2. The summed E-state index contributed by atoms with van der Waals surface area (Å²) in [4.78, 5) is 49.0. The number of nitrogens with one attached hydrogen (secondary N) is 1. The van der Waals surface area contributed by atoms with Crippen LogP contribution in [0.1, 0.15) is 52.8 Å². The van der Waals surface area contributed by atoms with Gasteiger partial charge in [0.1, 0.15) is 17.2 Å². The highest BCUT2D eigenvalue weighted by atomic mass is 19.1. The molecule has 0 aliphatic heterocycles. The maximum absolute atomic E-state index is 13.1. The largest absolute Gasteiger partial charge is 0.396 e. The molecule has 0 atom stereocenters. The molecule has 44 heavy (non-hydrogen) atoms. The van der Waals surface area contributed by atoms with Gasteiger partial charge in [-0.25, -0.2) is 4.39 Å². The Labute approximate surface area is 250 Å². The fourth-order valence-electron chi connectivity index (χ4n) is 5.11. The number of hydrogen-bond acceptors (Lipinski definition) is 6. The molecule has 6 rings (SSSR count). The number of ketones is 2. The smallest absolute Gasteiger partial charge is 0.253 e. The summed E-state index contributed by atoms with van der Waals surface area (Å²) in [6.45, 7) is 0. The van der Waals surface area contributed by atoms with E-state index in [-0.39, 0.29) is 39.8 Å². The number of nitrogens with two attached hydrogens (primary N) is 3. The molecular formula is C33H27FN6O4. The lowest BCUT2D eigenvalue weighted by atomic mass is 10.1. The Balaban J connectivity index is 0.000000175. The molecule has 220 valence electrons. The molecule has 0 aliphatic rings. The molecule has 0 unspecified atom stereocenters. The third kappa shape index (κ3) is 5.13. The molecule has 0 saturated carbocycles. The predicted octanol–water partition coefficient (Wildman–Crippen LogP) is 4.30. The molecule has 7 N–H and O–H groups in total. The van der Waals surface area contributed by atoms with Crippen LogP contribution in [0, 0.1) is 5.82 Å². The van der Waals surface area contributed by atoms with Crippen LogP contribution in [0.15, 0.2) is 103 Å². The average molecular weight is 591 g/mol. The van der Waals surface area contributed by atoms with Crippen LogP contribution < -0.4 is 22.5 Å². The molecule has 0 saturated heterocycles. The Morgan fingerprint density at radius 2 is 1.11 bits per heavy atom. The second-order valence-corrected chi connectivity index (χ2v) is 9.66. The van der Waals surface area contributed by atoms with E-state index in [1.165, 1.54) is 24.3 Å². The second kappa shape index (κ2) is 11.9. The minimum Gasteiger partial charge on any atom is -0.396 e. The molecule has 0 bridgehead atoms. The number of nitrogen functional groups attached to an aromatic ring is 1. The van der Waals surface area contributed by atoms with E-state index in [2.05, 4.69) is 5.32 Å². The van der Waals surface area contributed by atoms with Gasteiger partial charge in [-0.3, -0.25) is 19.2 Å². The van der Waals surface area contributed by atoms with Gasteiger partial charge in [-0.15, -0.1) is 0 Å². The van der Waals surface area contributed by atoms with Crippen molar-refractivity contribution in [2.45, 2.75) is 0 Å². The molecule has 6 aromatic rings. The fraction of sp³-hybridized carbons (Fsp3) is 0.0303. The Kier molecular flexibility index (Phi) is 7.94. The lowest BCUT2D eigenvalue weighted by Crippen LogP contribution is -2.13. The summed E-state index contributed by atoms with van der Waals surface area (Å²) >= 11 is 0. The summed E-state index contributed by atoms with van der Waals surface area (Å²) in [5, 5.41) is 2.88. The molecule has 4 heterocycles. The van der Waals surface area contributed by atoms with Crippen LogP contribution in [-0.4, -0.2) is 39.2 Å². The van der Waals surface area contributed by atoms with Crippen molar-refractivity contribution in [2.24, 2.45) is 11.5 Å². The molecule has 4 aromatic heterocycles. The summed E-state index contributed by atoms with van der Waals surface area (Å²) in [6, 6.07) is 24.5. The van der Waals surface area contributed by atoms with Crippen molar-refractivity contribution in [3.05, 3.63) is 143 Å². The number of rotatable bonds is 7. The van der Waals surface area contributed by atoms with E-state index >= 15 is 0 Å². The maximum atomic E-state index is 13.1. The SMILES string of the molecule is CNc1c(C(N)=O)c2ccccn2c1C(=O)c1ccc(F)cc1.NC(=O)c1c(N)c(C(=O)c2ccccc2)n2ccccc12. The zero-order chi connectivity index (χ0) is 31.5. The second-order valence-electron chi connectivity index (χ2n) is 9.66. The molecule has 0 aliphatic carbocycles. The summed E-state index contributed by atoms with van der Waals surface area (Å²) in [5.74, 6) is -2.28. The molecule has 10 nitrogen and oxygen atoms in total. The number of fused-ring (bicyclic) bond motifs is 2. The first-order valence-electron chi connectivity index (χ1n) is 13.3. The third-order valence-electron chi connectivity index (χ3n) is 7.04. The zero-order valence-electron chi connectivity index (χ0n) is 23.5. The lowest BCUT2D eigenvalue weighted by Gasteiger charge is -2.06. The van der Waals surface area contributed by atoms with Crippen LogP contribution in [0.25, 0.3) is 11.0 Å². The highest BCUT2D eigenvalue weighted by Gasteiger charge is 2.26. The van der Waals surface area contributed by atoms with Crippen LogP contribution in [0.3, 0.4) is 0 Å². The van der Waals surface area contributed by atoms with E-state index in [9.17, 15) is 23.6 Å². The molecule has 0 fully saturated rings. The minimum absolute atomic E-state index is 0.113. The van der Waals surface area contributed by atoms with Gasteiger partial charge in [0.2, 0.25) is 11.6 Å². The number of benzene rings is 2. The number of halogens is 1. The third-order valence-corrected chi connectivity index (χ3v) is 7.04. The molecule has 2 amide bonds. The van der Waals surface area contributed by atoms with Crippen LogP contribution in [0.5, 0.6) is 0 Å². The molecule has 0 spiro atoms. The zero-order valence-corrected chi connectivity index (χ0v) is 23.5. The number of carbonyl (C=O) groups excluding carboxylic acids is 4. The Bertz CT molecular complexity index is 2060. The van der Waals surface area contributed by atoms with E-state index in [4.69, 9.17) is 17.2 Å². The van der Waals surface area contributed by atoms with Crippen molar-refractivity contribution in [2.75, 3.05) is 18.1 Å². The van der Waals surface area contributed by atoms with Crippen molar-refractivity contribution in [1.82, 2.24) is 8.80 Å². The first-order chi connectivity index (χ1) is 21.1.